The van der Waals surface area contributed by atoms with E-state index >= 15 is 0 Å². The fraction of sp³-hybridized carbons (Fsp3) is 0.188. The van der Waals surface area contributed by atoms with Crippen molar-refractivity contribution in [1.29, 1.82) is 0 Å². The van der Waals surface area contributed by atoms with E-state index in [1.807, 2.05) is 19.1 Å². The molecule has 0 fully saturated rings. The lowest BCUT2D eigenvalue weighted by molar-refractivity contribution is 0.395. The Morgan fingerprint density at radius 2 is 1.76 bits per heavy atom. The number of rotatable bonds is 6. The van der Waals surface area contributed by atoms with E-state index in [2.05, 4.69) is 41.7 Å². The third-order valence-electron chi connectivity index (χ3n) is 3.23. The molecule has 0 spiro atoms. The third-order valence-corrected chi connectivity index (χ3v) is 3.81. The van der Waals surface area contributed by atoms with Crippen LogP contribution < -0.4 is 20.1 Å². The van der Waals surface area contributed by atoms with E-state index in [1.54, 1.807) is 32.5 Å². The number of anilines is 4. The van der Waals surface area contributed by atoms with E-state index in [0.29, 0.717) is 39.3 Å². The van der Waals surface area contributed by atoms with Crippen molar-refractivity contribution in [3.05, 3.63) is 40.7 Å². The zero-order valence-electron chi connectivity index (χ0n) is 13.8. The largest absolute Gasteiger partial charge is 0.497 e. The van der Waals surface area contributed by atoms with Crippen molar-refractivity contribution in [2.24, 2.45) is 0 Å². The lowest BCUT2D eigenvalue weighted by atomic mass is 10.3. The Labute approximate surface area is 152 Å². The van der Waals surface area contributed by atoms with Crippen molar-refractivity contribution in [3.8, 4) is 11.5 Å². The number of ether oxygens (including phenoxy) is 2. The Bertz CT molecular complexity index is 862. The molecule has 1 aromatic carbocycles. The summed E-state index contributed by atoms with van der Waals surface area (Å²) in [7, 11) is 3.19. The molecule has 2 heterocycles. The van der Waals surface area contributed by atoms with Gasteiger partial charge in [-0.1, -0.05) is 5.16 Å². The van der Waals surface area contributed by atoms with Gasteiger partial charge in [-0.15, -0.1) is 0 Å². The van der Waals surface area contributed by atoms with Crippen LogP contribution in [0.2, 0.25) is 0 Å². The molecule has 0 atom stereocenters. The van der Waals surface area contributed by atoms with Gasteiger partial charge in [0.25, 0.3) is 0 Å². The third kappa shape index (κ3) is 4.18. The van der Waals surface area contributed by atoms with Crippen LogP contribution in [0.4, 0.5) is 23.3 Å². The van der Waals surface area contributed by atoms with Crippen molar-refractivity contribution in [2.75, 3.05) is 24.9 Å². The molecule has 25 heavy (non-hydrogen) atoms. The van der Waals surface area contributed by atoms with Crippen molar-refractivity contribution in [3.63, 3.8) is 0 Å². The van der Waals surface area contributed by atoms with Crippen molar-refractivity contribution >= 4 is 39.2 Å². The molecule has 9 heteroatoms. The average molecular weight is 406 g/mol. The molecule has 0 bridgehead atoms. The van der Waals surface area contributed by atoms with Gasteiger partial charge in [-0.05, 0) is 22.9 Å². The highest BCUT2D eigenvalue weighted by Crippen LogP contribution is 2.29. The number of hydrogen-bond donors (Lipinski definition) is 2. The lowest BCUT2D eigenvalue weighted by Gasteiger charge is -2.11. The molecule has 3 aromatic rings. The van der Waals surface area contributed by atoms with Gasteiger partial charge in [0, 0.05) is 36.1 Å². The Kier molecular flexibility index (Phi) is 5.03. The molecule has 0 unspecified atom stereocenters. The molecule has 3 rings (SSSR count). The lowest BCUT2D eigenvalue weighted by Crippen LogP contribution is -2.02. The summed E-state index contributed by atoms with van der Waals surface area (Å²) in [6.45, 7) is 1.82. The number of nitrogens with one attached hydrogen (secondary N) is 2. The molecular weight excluding hydrogens is 390 g/mol. The molecule has 130 valence electrons. The first kappa shape index (κ1) is 17.0. The van der Waals surface area contributed by atoms with E-state index in [1.165, 1.54) is 0 Å². The highest BCUT2D eigenvalue weighted by atomic mass is 79.9. The Morgan fingerprint density at radius 1 is 1.04 bits per heavy atom. The quantitative estimate of drug-likeness (QED) is 0.634. The van der Waals surface area contributed by atoms with Gasteiger partial charge in [0.2, 0.25) is 5.95 Å². The summed E-state index contributed by atoms with van der Waals surface area (Å²) in [6.07, 6.45) is 1.64. The van der Waals surface area contributed by atoms with Gasteiger partial charge in [-0.25, -0.2) is 4.98 Å². The maximum atomic E-state index is 5.26. The highest BCUT2D eigenvalue weighted by Gasteiger charge is 2.09. The average Bonchev–Trinajstić information content (AvgIpc) is 3.02. The van der Waals surface area contributed by atoms with E-state index < -0.39 is 0 Å². The molecule has 0 aliphatic carbocycles. The minimum absolute atomic E-state index is 0.404. The monoisotopic (exact) mass is 405 g/mol. The van der Waals surface area contributed by atoms with Gasteiger partial charge in [0.1, 0.15) is 17.3 Å². The number of aryl methyl sites for hydroxylation is 1. The topological polar surface area (TPSA) is 94.3 Å². The van der Waals surface area contributed by atoms with Gasteiger partial charge in [0.05, 0.1) is 18.7 Å². The zero-order valence-corrected chi connectivity index (χ0v) is 15.4. The summed E-state index contributed by atoms with van der Waals surface area (Å²) in [4.78, 5) is 8.70. The van der Waals surface area contributed by atoms with E-state index in [-0.39, 0.29) is 0 Å². The summed E-state index contributed by atoms with van der Waals surface area (Å²) in [5, 5.41) is 10.1. The number of methoxy groups -OCH3 is 2. The first-order valence-electron chi connectivity index (χ1n) is 7.30. The van der Waals surface area contributed by atoms with Crippen molar-refractivity contribution < 1.29 is 14.0 Å². The van der Waals surface area contributed by atoms with Crippen molar-refractivity contribution in [1.82, 2.24) is 15.1 Å². The smallest absolute Gasteiger partial charge is 0.229 e. The minimum Gasteiger partial charge on any atom is -0.497 e. The van der Waals surface area contributed by atoms with Crippen LogP contribution >= 0.6 is 15.9 Å². The van der Waals surface area contributed by atoms with Crippen LogP contribution in [-0.4, -0.2) is 29.3 Å². The summed E-state index contributed by atoms with van der Waals surface area (Å²) >= 11 is 3.41. The molecule has 0 saturated carbocycles. The molecule has 0 aliphatic rings. The molecule has 2 N–H and O–H groups in total. The van der Waals surface area contributed by atoms with E-state index in [0.717, 1.165) is 5.69 Å². The SMILES string of the molecule is COc1cc(Nc2ncc(Br)c(Nc3cc(C)on3)n2)cc(OC)c1. The second kappa shape index (κ2) is 7.39. The first-order chi connectivity index (χ1) is 12.1. The van der Waals surface area contributed by atoms with Gasteiger partial charge in [-0.3, -0.25) is 0 Å². The van der Waals surface area contributed by atoms with Gasteiger partial charge >= 0.3 is 0 Å². The summed E-state index contributed by atoms with van der Waals surface area (Å²) in [6, 6.07) is 7.20. The number of nitrogens with zero attached hydrogens (tertiary/aromatic N) is 3. The Hall–Kier alpha value is -2.81. The molecule has 0 amide bonds. The summed E-state index contributed by atoms with van der Waals surface area (Å²) in [5.74, 6) is 3.55. The Morgan fingerprint density at radius 3 is 2.36 bits per heavy atom. The summed E-state index contributed by atoms with van der Waals surface area (Å²) < 4.78 is 16.3. The molecular formula is C16H16BrN5O3. The minimum atomic E-state index is 0.404. The standard InChI is InChI=1S/C16H16BrN5O3/c1-9-4-14(22-25-9)20-15-13(17)8-18-16(21-15)19-10-5-11(23-2)7-12(6-10)24-3/h4-8H,1-3H3,(H2,18,19,20,21,22). The molecule has 8 nitrogen and oxygen atoms in total. The van der Waals surface area contributed by atoms with Crippen LogP contribution in [-0.2, 0) is 0 Å². The Balaban J connectivity index is 1.84. The van der Waals surface area contributed by atoms with Crippen LogP contribution in [0, 0.1) is 6.92 Å². The van der Waals surface area contributed by atoms with Crippen LogP contribution in [0.3, 0.4) is 0 Å². The second-order valence-electron chi connectivity index (χ2n) is 5.06. The molecule has 0 radical (unpaired) electrons. The number of benzene rings is 1. The maximum Gasteiger partial charge on any atom is 0.229 e. The van der Waals surface area contributed by atoms with Crippen LogP contribution in [0.1, 0.15) is 5.76 Å². The second-order valence-corrected chi connectivity index (χ2v) is 5.92. The number of halogens is 1. The number of aromatic nitrogens is 3. The van der Waals surface area contributed by atoms with Crippen molar-refractivity contribution in [2.45, 2.75) is 6.92 Å². The van der Waals surface area contributed by atoms with Gasteiger partial charge < -0.3 is 24.6 Å². The van der Waals surface area contributed by atoms with Gasteiger partial charge in [0.15, 0.2) is 11.6 Å². The van der Waals surface area contributed by atoms with E-state index in [9.17, 15) is 0 Å². The molecule has 2 aromatic heterocycles. The predicted octanol–water partition coefficient (Wildman–Crippen LogP) is 4.04. The van der Waals surface area contributed by atoms with Crippen LogP contribution in [0.5, 0.6) is 11.5 Å². The maximum absolute atomic E-state index is 5.26. The molecule has 0 aliphatic heterocycles. The summed E-state index contributed by atoms with van der Waals surface area (Å²) in [5.41, 5.74) is 0.738. The highest BCUT2D eigenvalue weighted by molar-refractivity contribution is 9.10. The predicted molar refractivity (Wildman–Crippen MR) is 97.1 cm³/mol. The van der Waals surface area contributed by atoms with Crippen LogP contribution in [0.25, 0.3) is 0 Å². The fourth-order valence-electron chi connectivity index (χ4n) is 2.07. The zero-order chi connectivity index (χ0) is 17.8. The molecule has 0 saturated heterocycles. The van der Waals surface area contributed by atoms with E-state index in [4.69, 9.17) is 14.0 Å². The van der Waals surface area contributed by atoms with Crippen LogP contribution in [0.15, 0.2) is 39.5 Å². The normalized spacial score (nSPS) is 10.4. The fourth-order valence-corrected chi connectivity index (χ4v) is 2.36. The first-order valence-corrected chi connectivity index (χ1v) is 8.09. The number of hydrogen-bond acceptors (Lipinski definition) is 8. The van der Waals surface area contributed by atoms with Gasteiger partial charge in [-0.2, -0.15) is 4.98 Å².